The van der Waals surface area contributed by atoms with Crippen LogP contribution >= 0.6 is 11.5 Å². The van der Waals surface area contributed by atoms with Gasteiger partial charge in [0.05, 0.1) is 10.4 Å². The van der Waals surface area contributed by atoms with E-state index in [9.17, 15) is 9.59 Å². The molecule has 5 rings (SSSR count). The van der Waals surface area contributed by atoms with Gasteiger partial charge in [0.1, 0.15) is 0 Å². The minimum absolute atomic E-state index is 0.0156. The van der Waals surface area contributed by atoms with Gasteiger partial charge < -0.3 is 0 Å². The van der Waals surface area contributed by atoms with Gasteiger partial charge in [-0.1, -0.05) is 36.4 Å². The molecule has 1 unspecified atom stereocenters. The largest absolute Gasteiger partial charge is 0.289 e. The van der Waals surface area contributed by atoms with E-state index in [1.54, 1.807) is 0 Å². The van der Waals surface area contributed by atoms with Crippen molar-refractivity contribution in [2.24, 2.45) is 0 Å². The minimum atomic E-state index is -0.221. The van der Waals surface area contributed by atoms with Crippen LogP contribution in [0.25, 0.3) is 21.3 Å². The third-order valence-corrected chi connectivity index (χ3v) is 6.11. The Morgan fingerprint density at radius 1 is 1.04 bits per heavy atom. The Morgan fingerprint density at radius 3 is 2.73 bits per heavy atom. The SMILES string of the molecule is O=C1NC(=O)C2=C1CCCC2c1ccc2snc(-c3ccccc3)c2c1. The molecule has 1 aliphatic heterocycles. The van der Waals surface area contributed by atoms with Crippen molar-refractivity contribution in [3.05, 3.63) is 65.2 Å². The number of nitrogens with zero attached hydrogens (tertiary/aromatic N) is 1. The second-order valence-corrected chi connectivity index (χ2v) is 7.58. The summed E-state index contributed by atoms with van der Waals surface area (Å²) in [6, 6.07) is 16.4. The topological polar surface area (TPSA) is 59.1 Å². The summed E-state index contributed by atoms with van der Waals surface area (Å²) in [6.07, 6.45) is 2.51. The quantitative estimate of drug-likeness (QED) is 0.697. The van der Waals surface area contributed by atoms with Crippen molar-refractivity contribution in [1.82, 2.24) is 9.69 Å². The summed E-state index contributed by atoms with van der Waals surface area (Å²) in [6.45, 7) is 0. The van der Waals surface area contributed by atoms with Crippen molar-refractivity contribution in [1.29, 1.82) is 0 Å². The average Bonchev–Trinajstić information content (AvgIpc) is 3.23. The molecule has 0 saturated carbocycles. The first-order valence-corrected chi connectivity index (χ1v) is 9.53. The predicted octanol–water partition coefficient (Wildman–Crippen LogP) is 4.18. The molecule has 2 heterocycles. The van der Waals surface area contributed by atoms with Crippen LogP contribution in [0.4, 0.5) is 0 Å². The first-order valence-electron chi connectivity index (χ1n) is 8.76. The number of nitrogens with one attached hydrogen (secondary N) is 1. The molecule has 0 spiro atoms. The molecule has 0 saturated heterocycles. The lowest BCUT2D eigenvalue weighted by molar-refractivity contribution is -0.124. The van der Waals surface area contributed by atoms with Gasteiger partial charge in [-0.05, 0) is 48.5 Å². The molecule has 1 N–H and O–H groups in total. The van der Waals surface area contributed by atoms with Crippen molar-refractivity contribution >= 4 is 33.4 Å². The third kappa shape index (κ3) is 2.31. The standard InChI is InChI=1S/C21H16N2O2S/c24-20-15-8-4-7-14(18(15)21(25)22-20)13-9-10-17-16(11-13)19(23-26-17)12-5-2-1-3-6-12/h1-3,5-6,9-11,14H,4,7-8H2,(H,22,24,25). The van der Waals surface area contributed by atoms with E-state index in [1.807, 2.05) is 18.2 Å². The predicted molar refractivity (Wildman–Crippen MR) is 102 cm³/mol. The highest BCUT2D eigenvalue weighted by molar-refractivity contribution is 7.13. The van der Waals surface area contributed by atoms with E-state index >= 15 is 0 Å². The van der Waals surface area contributed by atoms with Crippen LogP contribution in [0.2, 0.25) is 0 Å². The van der Waals surface area contributed by atoms with E-state index in [2.05, 4.69) is 40.0 Å². The summed E-state index contributed by atoms with van der Waals surface area (Å²) in [7, 11) is 0. The van der Waals surface area contributed by atoms with E-state index in [-0.39, 0.29) is 17.7 Å². The Balaban J connectivity index is 1.64. The van der Waals surface area contributed by atoms with Crippen LogP contribution in [0.5, 0.6) is 0 Å². The van der Waals surface area contributed by atoms with Crippen molar-refractivity contribution < 1.29 is 9.59 Å². The number of carbonyl (C=O) groups is 2. The number of fused-ring (bicyclic) bond motifs is 1. The lowest BCUT2D eigenvalue weighted by Crippen LogP contribution is -2.23. The molecule has 128 valence electrons. The van der Waals surface area contributed by atoms with Crippen molar-refractivity contribution in [2.75, 3.05) is 0 Å². The van der Waals surface area contributed by atoms with Crippen LogP contribution in [0, 0.1) is 0 Å². The maximum atomic E-state index is 12.3. The van der Waals surface area contributed by atoms with Crippen LogP contribution in [0.1, 0.15) is 30.7 Å². The highest BCUT2D eigenvalue weighted by atomic mass is 32.1. The van der Waals surface area contributed by atoms with Gasteiger partial charge in [0.25, 0.3) is 11.8 Å². The molecule has 1 aliphatic carbocycles. The zero-order valence-electron chi connectivity index (χ0n) is 14.0. The van der Waals surface area contributed by atoms with Crippen LogP contribution in [0.3, 0.4) is 0 Å². The highest BCUT2D eigenvalue weighted by Gasteiger charge is 2.38. The molecule has 5 heteroatoms. The second kappa shape index (κ2) is 5.88. The first-order chi connectivity index (χ1) is 12.7. The molecule has 0 radical (unpaired) electrons. The summed E-state index contributed by atoms with van der Waals surface area (Å²) in [5.41, 5.74) is 4.51. The van der Waals surface area contributed by atoms with Gasteiger partial charge in [0.15, 0.2) is 0 Å². The number of hydrogen-bond donors (Lipinski definition) is 1. The third-order valence-electron chi connectivity index (χ3n) is 5.28. The van der Waals surface area contributed by atoms with Crippen LogP contribution < -0.4 is 5.32 Å². The first kappa shape index (κ1) is 15.5. The number of amides is 2. The number of aromatic nitrogens is 1. The summed E-state index contributed by atoms with van der Waals surface area (Å²) in [5.74, 6) is -0.447. The fraction of sp³-hybridized carbons (Fsp3) is 0.190. The van der Waals surface area contributed by atoms with Crippen molar-refractivity contribution in [2.45, 2.75) is 25.2 Å². The molecule has 3 aromatic rings. The molecule has 2 aliphatic rings. The Hall–Kier alpha value is -2.79. The Morgan fingerprint density at radius 2 is 1.88 bits per heavy atom. The number of carbonyl (C=O) groups excluding carboxylic acids is 2. The molecular formula is C21H16N2O2S. The van der Waals surface area contributed by atoms with Crippen LogP contribution in [-0.2, 0) is 9.59 Å². The molecule has 1 atom stereocenters. The molecule has 2 amide bonds. The fourth-order valence-electron chi connectivity index (χ4n) is 4.06. The minimum Gasteiger partial charge on any atom is -0.289 e. The normalized spacial score (nSPS) is 19.8. The number of rotatable bonds is 2. The Kier molecular flexibility index (Phi) is 3.50. The van der Waals surface area contributed by atoms with Gasteiger partial charge in [0.2, 0.25) is 0 Å². The van der Waals surface area contributed by atoms with Gasteiger partial charge >= 0.3 is 0 Å². The highest BCUT2D eigenvalue weighted by Crippen LogP contribution is 2.42. The van der Waals surface area contributed by atoms with E-state index < -0.39 is 0 Å². The number of imide groups is 1. The van der Waals surface area contributed by atoms with Gasteiger partial charge in [-0.3, -0.25) is 14.9 Å². The molecule has 4 nitrogen and oxygen atoms in total. The van der Waals surface area contributed by atoms with Crippen molar-refractivity contribution in [3.8, 4) is 11.3 Å². The molecule has 1 aromatic heterocycles. The molecular weight excluding hydrogens is 344 g/mol. The number of hydrogen-bond acceptors (Lipinski definition) is 4. The van der Waals surface area contributed by atoms with Gasteiger partial charge in [-0.2, -0.15) is 4.37 Å². The summed E-state index contributed by atoms with van der Waals surface area (Å²) >= 11 is 1.49. The zero-order valence-corrected chi connectivity index (χ0v) is 14.8. The van der Waals surface area contributed by atoms with Gasteiger partial charge in [-0.25, -0.2) is 0 Å². The maximum absolute atomic E-state index is 12.3. The van der Waals surface area contributed by atoms with E-state index in [0.717, 1.165) is 39.7 Å². The van der Waals surface area contributed by atoms with E-state index in [1.165, 1.54) is 11.5 Å². The zero-order chi connectivity index (χ0) is 17.7. The lowest BCUT2D eigenvalue weighted by atomic mass is 9.79. The van der Waals surface area contributed by atoms with Crippen LogP contribution in [-0.4, -0.2) is 16.2 Å². The fourth-order valence-corrected chi connectivity index (χ4v) is 4.84. The summed E-state index contributed by atoms with van der Waals surface area (Å²) in [4.78, 5) is 24.3. The maximum Gasteiger partial charge on any atom is 0.255 e. The van der Waals surface area contributed by atoms with Gasteiger partial charge in [-0.15, -0.1) is 0 Å². The smallest absolute Gasteiger partial charge is 0.255 e. The van der Waals surface area contributed by atoms with E-state index in [0.29, 0.717) is 17.6 Å². The summed E-state index contributed by atoms with van der Waals surface area (Å²) in [5, 5.41) is 3.57. The molecule has 0 fully saturated rings. The number of benzene rings is 2. The molecule has 26 heavy (non-hydrogen) atoms. The average molecular weight is 360 g/mol. The van der Waals surface area contributed by atoms with Gasteiger partial charge in [0, 0.05) is 28.0 Å². The lowest BCUT2D eigenvalue weighted by Gasteiger charge is -2.23. The Bertz CT molecular complexity index is 1080. The van der Waals surface area contributed by atoms with Crippen LogP contribution in [0.15, 0.2) is 59.7 Å². The van der Waals surface area contributed by atoms with Crippen molar-refractivity contribution in [3.63, 3.8) is 0 Å². The monoisotopic (exact) mass is 360 g/mol. The summed E-state index contributed by atoms with van der Waals surface area (Å²) < 4.78 is 5.77. The Labute approximate surface area is 154 Å². The molecule has 0 bridgehead atoms. The van der Waals surface area contributed by atoms with E-state index in [4.69, 9.17) is 0 Å². The molecule has 2 aromatic carbocycles. The second-order valence-electron chi connectivity index (χ2n) is 6.77.